The first-order valence-electron chi connectivity index (χ1n) is 25.1. The molecule has 14 nitrogen and oxygen atoms in total. The molecule has 71 heavy (non-hydrogen) atoms. The fourth-order valence-corrected chi connectivity index (χ4v) is 12.3. The number of fused-ring (bicyclic) bond motifs is 6. The summed E-state index contributed by atoms with van der Waals surface area (Å²) in [5.74, 6) is 1.83. The highest BCUT2D eigenvalue weighted by Gasteiger charge is 2.45. The van der Waals surface area contributed by atoms with Crippen molar-refractivity contribution in [3.8, 4) is 0 Å². The molecule has 2 N–H and O–H groups in total. The standard InChI is InChI=1S/C26H30F3N7.C25H28F3N7/c1-16-11-22(31-15-30-16)35-13-18-8-9-19(14-35)23(18)32-25-33-24-21(7-2-3-10-36(24)34-25)17-5-4-6-20(12-17)26(27,28)29;1-14-10-20(30-13-29-14)34-11-15-5-6-16(12-34)23(15)31-25-32-24-18(4-2-3-9-35(24)33-25)17-7-8-19(26)22(28)21(17)27/h4-6,11-12,15,18-19,21,23H,2-3,7-10,13-14H2,1H3,(H,32,34);7-8,10,13,15-16,18,23H,2-6,9,11-12H2,1H3,(H,31,33)/t18-,19+,21-,23?;15-,16+,18-,23?/m11/s1. The van der Waals surface area contributed by atoms with Crippen molar-refractivity contribution in [2.45, 2.75) is 121 Å². The second kappa shape index (κ2) is 19.3. The molecular formula is C51H58F6N14. The minimum Gasteiger partial charge on any atom is -0.356 e. The average Bonchev–Trinajstić information content (AvgIpc) is 3.97. The van der Waals surface area contributed by atoms with Crippen LogP contribution in [-0.4, -0.2) is 87.7 Å². The number of piperidine rings is 2. The van der Waals surface area contributed by atoms with E-state index in [1.54, 1.807) is 23.4 Å². The average molecular weight is 981 g/mol. The van der Waals surface area contributed by atoms with E-state index in [4.69, 9.17) is 20.2 Å². The normalized spacial score (nSPS) is 25.9. The molecule has 8 heterocycles. The van der Waals surface area contributed by atoms with Crippen molar-refractivity contribution < 1.29 is 26.3 Å². The zero-order valence-corrected chi connectivity index (χ0v) is 39.8. The molecule has 0 amide bonds. The maximum absolute atomic E-state index is 14.7. The molecule has 12 rings (SSSR count). The van der Waals surface area contributed by atoms with Crippen LogP contribution in [0.15, 0.2) is 61.2 Å². The maximum Gasteiger partial charge on any atom is 0.416 e. The third-order valence-corrected chi connectivity index (χ3v) is 15.8. The Morgan fingerprint density at radius 3 is 1.58 bits per heavy atom. The van der Waals surface area contributed by atoms with Gasteiger partial charge in [-0.3, -0.25) is 0 Å². The third-order valence-electron chi connectivity index (χ3n) is 15.8. The van der Waals surface area contributed by atoms with Crippen molar-refractivity contribution in [1.82, 2.24) is 49.5 Å². The number of rotatable bonds is 8. The smallest absolute Gasteiger partial charge is 0.356 e. The Hall–Kier alpha value is -6.34. The number of alkyl halides is 3. The number of hydrogen-bond donors (Lipinski definition) is 2. The van der Waals surface area contributed by atoms with Gasteiger partial charge in [-0.1, -0.05) is 37.1 Å². The summed E-state index contributed by atoms with van der Waals surface area (Å²) in [6.07, 6.45) is 8.37. The molecule has 2 unspecified atom stereocenters. The van der Waals surface area contributed by atoms with Crippen LogP contribution in [0, 0.1) is 55.0 Å². The van der Waals surface area contributed by atoms with Crippen LogP contribution in [0.1, 0.15) is 116 Å². The fraction of sp³-hybridized carbons (Fsp3) is 0.529. The van der Waals surface area contributed by atoms with Crippen molar-refractivity contribution in [3.63, 3.8) is 0 Å². The summed E-state index contributed by atoms with van der Waals surface area (Å²) < 4.78 is 86.0. The number of nitrogens with zero attached hydrogens (tertiary/aromatic N) is 12. The minimum absolute atomic E-state index is 0.138. The lowest BCUT2D eigenvalue weighted by atomic mass is 9.92. The van der Waals surface area contributed by atoms with Crippen LogP contribution in [0.4, 0.5) is 49.9 Å². The second-order valence-corrected chi connectivity index (χ2v) is 20.4. The van der Waals surface area contributed by atoms with E-state index < -0.39 is 35.1 Å². The van der Waals surface area contributed by atoms with Gasteiger partial charge in [0.2, 0.25) is 11.9 Å². The zero-order valence-electron chi connectivity index (χ0n) is 39.8. The van der Waals surface area contributed by atoms with Gasteiger partial charge in [0.1, 0.15) is 35.9 Å². The molecule has 4 aliphatic heterocycles. The van der Waals surface area contributed by atoms with E-state index in [0.717, 1.165) is 131 Å². The van der Waals surface area contributed by atoms with Crippen LogP contribution in [0.5, 0.6) is 0 Å². The van der Waals surface area contributed by atoms with Crippen LogP contribution in [0.25, 0.3) is 0 Å². The van der Waals surface area contributed by atoms with E-state index in [0.29, 0.717) is 59.9 Å². The van der Waals surface area contributed by atoms with Crippen molar-refractivity contribution >= 4 is 23.5 Å². The number of aromatic nitrogens is 10. The first-order valence-corrected chi connectivity index (χ1v) is 25.1. The van der Waals surface area contributed by atoms with Crippen LogP contribution in [0.2, 0.25) is 0 Å². The fourth-order valence-electron chi connectivity index (χ4n) is 12.3. The molecule has 20 heteroatoms. The topological polar surface area (TPSA) is 144 Å². The monoisotopic (exact) mass is 980 g/mol. The lowest BCUT2D eigenvalue weighted by molar-refractivity contribution is -0.137. The van der Waals surface area contributed by atoms with E-state index in [2.05, 4.69) is 40.4 Å². The van der Waals surface area contributed by atoms with Gasteiger partial charge in [0.25, 0.3) is 0 Å². The van der Waals surface area contributed by atoms with Crippen molar-refractivity contribution in [3.05, 3.63) is 118 Å². The summed E-state index contributed by atoms with van der Waals surface area (Å²) in [6.45, 7) is 9.01. The van der Waals surface area contributed by atoms with Crippen molar-refractivity contribution in [2.75, 3.05) is 46.6 Å². The first kappa shape index (κ1) is 47.0. The number of aryl methyl sites for hydroxylation is 4. The van der Waals surface area contributed by atoms with Crippen molar-refractivity contribution in [2.24, 2.45) is 23.7 Å². The van der Waals surface area contributed by atoms with E-state index in [9.17, 15) is 26.3 Å². The van der Waals surface area contributed by atoms with E-state index in [1.807, 2.05) is 30.7 Å². The summed E-state index contributed by atoms with van der Waals surface area (Å²) >= 11 is 0. The summed E-state index contributed by atoms with van der Waals surface area (Å²) in [4.78, 5) is 31.7. The molecule has 6 aromatic rings. The number of anilines is 4. The molecule has 2 aromatic carbocycles. The van der Waals surface area contributed by atoms with Gasteiger partial charge in [-0.15, -0.1) is 10.2 Å². The highest BCUT2D eigenvalue weighted by atomic mass is 19.4. The molecule has 2 aliphatic carbocycles. The van der Waals surface area contributed by atoms with Gasteiger partial charge in [0.05, 0.1) is 5.56 Å². The van der Waals surface area contributed by atoms with Gasteiger partial charge < -0.3 is 20.4 Å². The summed E-state index contributed by atoms with van der Waals surface area (Å²) in [6, 6.07) is 12.6. The largest absolute Gasteiger partial charge is 0.416 e. The van der Waals surface area contributed by atoms with Crippen LogP contribution < -0.4 is 20.4 Å². The molecule has 0 spiro atoms. The molecule has 6 aliphatic rings. The number of halogens is 6. The molecule has 4 fully saturated rings. The summed E-state index contributed by atoms with van der Waals surface area (Å²) in [5.41, 5.74) is 2.10. The van der Waals surface area contributed by atoms with Crippen LogP contribution in [-0.2, 0) is 19.3 Å². The van der Waals surface area contributed by atoms with Crippen LogP contribution >= 0.6 is 0 Å². The zero-order chi connectivity index (χ0) is 49.0. The van der Waals surface area contributed by atoms with Gasteiger partial charge in [0, 0.05) is 92.3 Å². The SMILES string of the molecule is Cc1cc(N2C[C@H]3CC[C@@H](C2)C3Nc2nc3n(n2)CCCC[C@@H]3c2ccc(F)c(F)c2F)ncn1.Cc1cc(N2C[C@H]3CC[C@@H](C2)C3Nc2nc3n(n2)CCCC[C@@H]3c2cccc(C(F)(F)F)c2)ncn1. The molecule has 0 radical (unpaired) electrons. The molecule has 8 atom stereocenters. The van der Waals surface area contributed by atoms with Gasteiger partial charge in [-0.2, -0.15) is 23.1 Å². The third kappa shape index (κ3) is 9.61. The van der Waals surface area contributed by atoms with E-state index in [-0.39, 0.29) is 23.6 Å². The Balaban J connectivity index is 0.000000154. The highest BCUT2D eigenvalue weighted by Crippen LogP contribution is 2.43. The molecule has 374 valence electrons. The molecule has 2 saturated carbocycles. The van der Waals surface area contributed by atoms with E-state index in [1.165, 1.54) is 18.2 Å². The van der Waals surface area contributed by atoms with E-state index >= 15 is 0 Å². The van der Waals surface area contributed by atoms with Crippen molar-refractivity contribution in [1.29, 1.82) is 0 Å². The Morgan fingerprint density at radius 1 is 0.563 bits per heavy atom. The summed E-state index contributed by atoms with van der Waals surface area (Å²) in [5, 5.41) is 16.7. The maximum atomic E-state index is 14.7. The van der Waals surface area contributed by atoms with Gasteiger partial charge in [0.15, 0.2) is 17.5 Å². The Morgan fingerprint density at radius 2 is 1.07 bits per heavy atom. The quantitative estimate of drug-likeness (QED) is 0.111. The molecular weight excluding hydrogens is 923 g/mol. The van der Waals surface area contributed by atoms with Gasteiger partial charge in [-0.25, -0.2) is 42.5 Å². The summed E-state index contributed by atoms with van der Waals surface area (Å²) in [7, 11) is 0. The van der Waals surface area contributed by atoms with Crippen LogP contribution in [0.3, 0.4) is 0 Å². The lowest BCUT2D eigenvalue weighted by Gasteiger charge is -2.38. The number of nitrogens with one attached hydrogen (secondary N) is 2. The highest BCUT2D eigenvalue weighted by molar-refractivity contribution is 5.44. The van der Waals surface area contributed by atoms with Gasteiger partial charge in [-0.05, 0) is 107 Å². The minimum atomic E-state index is -4.36. The lowest BCUT2D eigenvalue weighted by Crippen LogP contribution is -2.48. The predicted molar refractivity (Wildman–Crippen MR) is 254 cm³/mol. The van der Waals surface area contributed by atoms with Gasteiger partial charge >= 0.3 is 6.18 Å². The first-order chi connectivity index (χ1) is 34.3. The molecule has 2 saturated heterocycles. The predicted octanol–water partition coefficient (Wildman–Crippen LogP) is 9.47. The number of hydrogen-bond acceptors (Lipinski definition) is 12. The molecule has 4 aromatic heterocycles. The molecule has 4 bridgehead atoms. The Labute approximate surface area is 408 Å². The number of benzene rings is 2. The Kier molecular flexibility index (Phi) is 12.8. The second-order valence-electron chi connectivity index (χ2n) is 20.4. The Bertz CT molecular complexity index is 2840.